The molecule has 116 valence electrons. The van der Waals surface area contributed by atoms with Crippen LogP contribution in [0.25, 0.3) is 0 Å². The van der Waals surface area contributed by atoms with E-state index in [1.165, 1.54) is 12.1 Å². The number of hydrogen-bond donors (Lipinski definition) is 3. The van der Waals surface area contributed by atoms with E-state index >= 15 is 0 Å². The third kappa shape index (κ3) is 5.78. The molecule has 1 aromatic carbocycles. The fraction of sp³-hybridized carbons (Fsp3) is 0.429. The van der Waals surface area contributed by atoms with E-state index in [0.717, 1.165) is 6.07 Å². The maximum absolute atomic E-state index is 13.6. The van der Waals surface area contributed by atoms with Crippen molar-refractivity contribution in [3.8, 4) is 0 Å². The van der Waals surface area contributed by atoms with Crippen molar-refractivity contribution in [2.24, 2.45) is 5.73 Å². The first-order chi connectivity index (χ1) is 9.58. The molecule has 1 unspecified atom stereocenters. The number of carboxylic acids is 1. The van der Waals surface area contributed by atoms with Gasteiger partial charge in [-0.2, -0.15) is 0 Å². The standard InChI is InChI=1S/C14H19FN2O4/c1-14(2,3)21-13(20)17-9-4-5-10(15)8(6-9)7-11(16)12(18)19/h4-6,11H,7,16H2,1-3H3,(H,17,20)(H,18,19). The molecule has 1 aromatic rings. The average molecular weight is 298 g/mol. The minimum Gasteiger partial charge on any atom is -0.480 e. The van der Waals surface area contributed by atoms with E-state index in [0.29, 0.717) is 5.69 Å². The first kappa shape index (κ1) is 16.9. The van der Waals surface area contributed by atoms with Crippen LogP contribution in [0.3, 0.4) is 0 Å². The smallest absolute Gasteiger partial charge is 0.412 e. The summed E-state index contributed by atoms with van der Waals surface area (Å²) in [5.74, 6) is -1.80. The summed E-state index contributed by atoms with van der Waals surface area (Å²) in [5.41, 5.74) is 5.13. The third-order valence-corrected chi connectivity index (χ3v) is 2.45. The molecule has 0 aliphatic carbocycles. The SMILES string of the molecule is CC(C)(C)OC(=O)Nc1ccc(F)c(CC(N)C(=O)O)c1. The van der Waals surface area contributed by atoms with Crippen molar-refractivity contribution in [2.75, 3.05) is 5.32 Å². The van der Waals surface area contributed by atoms with Gasteiger partial charge >= 0.3 is 12.1 Å². The van der Waals surface area contributed by atoms with Gasteiger partial charge in [0, 0.05) is 12.1 Å². The zero-order chi connectivity index (χ0) is 16.2. The number of nitrogens with two attached hydrogens (primary N) is 1. The molecule has 0 spiro atoms. The van der Waals surface area contributed by atoms with E-state index in [1.807, 2.05) is 0 Å². The van der Waals surface area contributed by atoms with Gasteiger partial charge in [-0.1, -0.05) is 0 Å². The number of carbonyl (C=O) groups excluding carboxylic acids is 1. The highest BCUT2D eigenvalue weighted by molar-refractivity contribution is 5.85. The molecule has 0 aliphatic heterocycles. The molecule has 1 rings (SSSR count). The molecule has 0 heterocycles. The number of benzene rings is 1. The van der Waals surface area contributed by atoms with Gasteiger partial charge in [-0.3, -0.25) is 10.1 Å². The second-order valence-corrected chi connectivity index (χ2v) is 5.58. The van der Waals surface area contributed by atoms with Crippen molar-refractivity contribution in [3.63, 3.8) is 0 Å². The van der Waals surface area contributed by atoms with E-state index < -0.39 is 29.5 Å². The largest absolute Gasteiger partial charge is 0.480 e. The van der Waals surface area contributed by atoms with E-state index in [-0.39, 0.29) is 12.0 Å². The van der Waals surface area contributed by atoms with Gasteiger partial charge in [0.25, 0.3) is 0 Å². The molecule has 0 saturated heterocycles. The Kier molecular flexibility index (Phi) is 5.26. The van der Waals surface area contributed by atoms with E-state index in [2.05, 4.69) is 5.32 Å². The second-order valence-electron chi connectivity index (χ2n) is 5.58. The number of carbonyl (C=O) groups is 2. The molecule has 7 heteroatoms. The Morgan fingerprint density at radius 3 is 2.57 bits per heavy atom. The summed E-state index contributed by atoms with van der Waals surface area (Å²) in [6.45, 7) is 5.15. The molecular weight excluding hydrogens is 279 g/mol. The minimum atomic E-state index is -1.22. The minimum absolute atomic E-state index is 0.110. The lowest BCUT2D eigenvalue weighted by molar-refractivity contribution is -0.138. The van der Waals surface area contributed by atoms with Crippen LogP contribution in [0.2, 0.25) is 0 Å². The summed E-state index contributed by atoms with van der Waals surface area (Å²) >= 11 is 0. The molecule has 6 nitrogen and oxygen atoms in total. The van der Waals surface area contributed by atoms with Gasteiger partial charge in [0.15, 0.2) is 0 Å². The molecule has 0 bridgehead atoms. The fourth-order valence-electron chi connectivity index (χ4n) is 1.55. The Hall–Kier alpha value is -2.15. The molecule has 1 amide bonds. The molecule has 0 fully saturated rings. The topological polar surface area (TPSA) is 102 Å². The summed E-state index contributed by atoms with van der Waals surface area (Å²) in [4.78, 5) is 22.3. The van der Waals surface area contributed by atoms with Gasteiger partial charge in [-0.25, -0.2) is 9.18 Å². The van der Waals surface area contributed by atoms with Crippen LogP contribution in [-0.2, 0) is 16.0 Å². The van der Waals surface area contributed by atoms with Crippen molar-refractivity contribution >= 4 is 17.7 Å². The highest BCUT2D eigenvalue weighted by Crippen LogP contribution is 2.17. The van der Waals surface area contributed by atoms with Crippen LogP contribution < -0.4 is 11.1 Å². The van der Waals surface area contributed by atoms with E-state index in [9.17, 15) is 14.0 Å². The quantitative estimate of drug-likeness (QED) is 0.790. The molecule has 4 N–H and O–H groups in total. The van der Waals surface area contributed by atoms with Gasteiger partial charge in [0.2, 0.25) is 0 Å². The number of halogens is 1. The van der Waals surface area contributed by atoms with Gasteiger partial charge in [0.1, 0.15) is 17.5 Å². The zero-order valence-corrected chi connectivity index (χ0v) is 12.1. The lowest BCUT2D eigenvalue weighted by atomic mass is 10.1. The maximum Gasteiger partial charge on any atom is 0.412 e. The number of hydrogen-bond acceptors (Lipinski definition) is 4. The Bertz CT molecular complexity index is 540. The van der Waals surface area contributed by atoms with Gasteiger partial charge in [0.05, 0.1) is 0 Å². The number of amides is 1. The van der Waals surface area contributed by atoms with E-state index in [4.69, 9.17) is 15.6 Å². The van der Waals surface area contributed by atoms with Crippen molar-refractivity contribution in [3.05, 3.63) is 29.6 Å². The Morgan fingerprint density at radius 2 is 2.05 bits per heavy atom. The number of ether oxygens (including phenoxy) is 1. The molecule has 0 aliphatic rings. The number of anilines is 1. The van der Waals surface area contributed by atoms with Gasteiger partial charge in [-0.15, -0.1) is 0 Å². The fourth-order valence-corrected chi connectivity index (χ4v) is 1.55. The number of rotatable bonds is 4. The van der Waals surface area contributed by atoms with Crippen LogP contribution in [0.5, 0.6) is 0 Å². The van der Waals surface area contributed by atoms with Crippen molar-refractivity contribution in [2.45, 2.75) is 38.8 Å². The number of carboxylic acid groups (broad SMARTS) is 1. The summed E-state index contributed by atoms with van der Waals surface area (Å²) in [5, 5.41) is 11.2. The summed E-state index contributed by atoms with van der Waals surface area (Å²) < 4.78 is 18.7. The number of aliphatic carboxylic acids is 1. The van der Waals surface area contributed by atoms with Crippen molar-refractivity contribution < 1.29 is 23.8 Å². The molecule has 0 saturated carbocycles. The average Bonchev–Trinajstić information content (AvgIpc) is 2.30. The highest BCUT2D eigenvalue weighted by Gasteiger charge is 2.18. The molecule has 0 radical (unpaired) electrons. The lowest BCUT2D eigenvalue weighted by Gasteiger charge is -2.20. The van der Waals surface area contributed by atoms with Crippen LogP contribution in [0.4, 0.5) is 14.9 Å². The van der Waals surface area contributed by atoms with Gasteiger partial charge < -0.3 is 15.6 Å². The first-order valence-electron chi connectivity index (χ1n) is 6.35. The van der Waals surface area contributed by atoms with Crippen LogP contribution >= 0.6 is 0 Å². The zero-order valence-electron chi connectivity index (χ0n) is 12.1. The molecule has 1 atom stereocenters. The van der Waals surface area contributed by atoms with E-state index in [1.54, 1.807) is 20.8 Å². The van der Waals surface area contributed by atoms with Crippen molar-refractivity contribution in [1.82, 2.24) is 0 Å². The molecule has 21 heavy (non-hydrogen) atoms. The normalized spacial score (nSPS) is 12.6. The highest BCUT2D eigenvalue weighted by atomic mass is 19.1. The third-order valence-electron chi connectivity index (χ3n) is 2.45. The Balaban J connectivity index is 2.82. The van der Waals surface area contributed by atoms with Crippen molar-refractivity contribution in [1.29, 1.82) is 0 Å². The maximum atomic E-state index is 13.6. The monoisotopic (exact) mass is 298 g/mol. The predicted octanol–water partition coefficient (Wildman–Crippen LogP) is 2.13. The van der Waals surface area contributed by atoms with Crippen LogP contribution in [0.1, 0.15) is 26.3 Å². The first-order valence-corrected chi connectivity index (χ1v) is 6.35. The summed E-state index contributed by atoms with van der Waals surface area (Å²) in [7, 11) is 0. The Labute approximate surface area is 122 Å². The van der Waals surface area contributed by atoms with Gasteiger partial charge in [-0.05, 0) is 44.5 Å². The second kappa shape index (κ2) is 6.53. The lowest BCUT2D eigenvalue weighted by Crippen LogP contribution is -2.32. The van der Waals surface area contributed by atoms with Crippen LogP contribution in [-0.4, -0.2) is 28.8 Å². The Morgan fingerprint density at radius 1 is 1.43 bits per heavy atom. The van der Waals surface area contributed by atoms with Crippen LogP contribution in [0.15, 0.2) is 18.2 Å². The summed E-state index contributed by atoms with van der Waals surface area (Å²) in [6, 6.07) is 2.62. The molecule has 0 aromatic heterocycles. The summed E-state index contributed by atoms with van der Waals surface area (Å²) in [6.07, 6.45) is -0.854. The molecular formula is C14H19FN2O4. The van der Waals surface area contributed by atoms with Crippen LogP contribution in [0, 0.1) is 5.82 Å². The number of nitrogens with one attached hydrogen (secondary N) is 1. The predicted molar refractivity (Wildman–Crippen MR) is 75.6 cm³/mol.